The molecule has 3 heteroatoms. The van der Waals surface area contributed by atoms with E-state index in [-0.39, 0.29) is 0 Å². The van der Waals surface area contributed by atoms with Crippen LogP contribution in [0.3, 0.4) is 0 Å². The average molecular weight is 279 g/mol. The van der Waals surface area contributed by atoms with Crippen molar-refractivity contribution in [3.05, 3.63) is 65.0 Å². The molecular formula is C18H17NO2. The molecule has 0 atom stereocenters. The Balaban J connectivity index is 2.37. The molecule has 2 aromatic heterocycles. The number of benzene rings is 1. The van der Waals surface area contributed by atoms with E-state index in [0.717, 1.165) is 22.2 Å². The van der Waals surface area contributed by atoms with E-state index >= 15 is 0 Å². The summed E-state index contributed by atoms with van der Waals surface area (Å²) in [5, 5.41) is 9.62. The molecule has 21 heavy (non-hydrogen) atoms. The maximum atomic E-state index is 11.7. The zero-order valence-electron chi connectivity index (χ0n) is 12.3. The quantitative estimate of drug-likeness (QED) is 0.762. The van der Waals surface area contributed by atoms with E-state index in [1.165, 1.54) is 11.1 Å². The number of aromatic carboxylic acids is 1. The van der Waals surface area contributed by atoms with Crippen LogP contribution in [0.1, 0.15) is 27.0 Å². The largest absolute Gasteiger partial charge is 0.478 e. The minimum atomic E-state index is -0.892. The standard InChI is InChI=1S/C18H17NO2/c1-11-8-13(3)14(9-12(11)2)15-10-19-7-5-4-6-16(19)17(15)18(20)21/h4-10H,1-3H3,(H,20,21). The van der Waals surface area contributed by atoms with Crippen molar-refractivity contribution in [1.82, 2.24) is 4.40 Å². The van der Waals surface area contributed by atoms with Crippen molar-refractivity contribution in [2.75, 3.05) is 0 Å². The molecule has 1 N–H and O–H groups in total. The number of carboxylic acids is 1. The van der Waals surface area contributed by atoms with E-state index in [4.69, 9.17) is 0 Å². The highest BCUT2D eigenvalue weighted by atomic mass is 16.4. The van der Waals surface area contributed by atoms with E-state index in [1.807, 2.05) is 41.9 Å². The highest BCUT2D eigenvalue weighted by Gasteiger charge is 2.19. The van der Waals surface area contributed by atoms with Crippen LogP contribution in [0.5, 0.6) is 0 Å². The van der Waals surface area contributed by atoms with E-state index in [1.54, 1.807) is 0 Å². The minimum Gasteiger partial charge on any atom is -0.478 e. The molecule has 106 valence electrons. The molecule has 0 unspecified atom stereocenters. The van der Waals surface area contributed by atoms with Gasteiger partial charge in [-0.1, -0.05) is 18.2 Å². The van der Waals surface area contributed by atoms with Gasteiger partial charge in [-0.3, -0.25) is 0 Å². The second kappa shape index (κ2) is 4.77. The number of carbonyl (C=O) groups is 1. The van der Waals surface area contributed by atoms with Gasteiger partial charge in [0.15, 0.2) is 0 Å². The third kappa shape index (κ3) is 2.11. The third-order valence-electron chi connectivity index (χ3n) is 4.03. The number of hydrogen-bond acceptors (Lipinski definition) is 1. The summed E-state index contributed by atoms with van der Waals surface area (Å²) in [6.07, 6.45) is 3.78. The maximum Gasteiger partial charge on any atom is 0.338 e. The lowest BCUT2D eigenvalue weighted by molar-refractivity contribution is 0.0700. The summed E-state index contributed by atoms with van der Waals surface area (Å²) in [4.78, 5) is 11.7. The van der Waals surface area contributed by atoms with E-state index in [2.05, 4.69) is 26.0 Å². The summed E-state index contributed by atoms with van der Waals surface area (Å²) in [6.45, 7) is 6.14. The van der Waals surface area contributed by atoms with Crippen LogP contribution in [0.25, 0.3) is 16.6 Å². The van der Waals surface area contributed by atoms with Gasteiger partial charge < -0.3 is 9.51 Å². The fourth-order valence-corrected chi connectivity index (χ4v) is 2.80. The second-order valence-electron chi connectivity index (χ2n) is 5.47. The molecule has 0 saturated heterocycles. The molecular weight excluding hydrogens is 262 g/mol. The Labute approximate surface area is 123 Å². The smallest absolute Gasteiger partial charge is 0.338 e. The van der Waals surface area contributed by atoms with Crippen LogP contribution < -0.4 is 0 Å². The first-order valence-electron chi connectivity index (χ1n) is 6.90. The van der Waals surface area contributed by atoms with Crippen LogP contribution in [0.15, 0.2) is 42.7 Å². The summed E-state index contributed by atoms with van der Waals surface area (Å²) in [5.74, 6) is -0.892. The van der Waals surface area contributed by atoms with Crippen LogP contribution in [0.4, 0.5) is 0 Å². The lowest BCUT2D eigenvalue weighted by atomic mass is 9.94. The predicted molar refractivity (Wildman–Crippen MR) is 84.0 cm³/mol. The number of aromatic nitrogens is 1. The third-order valence-corrected chi connectivity index (χ3v) is 4.03. The summed E-state index contributed by atoms with van der Waals surface area (Å²) >= 11 is 0. The number of rotatable bonds is 2. The van der Waals surface area contributed by atoms with Gasteiger partial charge in [-0.15, -0.1) is 0 Å². The first-order chi connectivity index (χ1) is 9.99. The molecule has 2 heterocycles. The Morgan fingerprint density at radius 1 is 1.00 bits per heavy atom. The molecule has 0 saturated carbocycles. The van der Waals surface area contributed by atoms with E-state index in [0.29, 0.717) is 5.56 Å². The van der Waals surface area contributed by atoms with E-state index < -0.39 is 5.97 Å². The highest BCUT2D eigenvalue weighted by Crippen LogP contribution is 2.32. The monoisotopic (exact) mass is 279 g/mol. The molecule has 0 amide bonds. The Kier molecular flexibility index (Phi) is 3.05. The molecule has 0 fully saturated rings. The number of hydrogen-bond donors (Lipinski definition) is 1. The SMILES string of the molecule is Cc1cc(C)c(-c2cn3ccccc3c2C(=O)O)cc1C. The molecule has 0 aliphatic rings. The Morgan fingerprint density at radius 3 is 2.43 bits per heavy atom. The van der Waals surface area contributed by atoms with Crippen molar-refractivity contribution >= 4 is 11.5 Å². The van der Waals surface area contributed by atoms with Crippen molar-refractivity contribution in [1.29, 1.82) is 0 Å². The molecule has 3 nitrogen and oxygen atoms in total. The second-order valence-corrected chi connectivity index (χ2v) is 5.47. The van der Waals surface area contributed by atoms with E-state index in [9.17, 15) is 9.90 Å². The fraction of sp³-hybridized carbons (Fsp3) is 0.167. The molecule has 3 rings (SSSR count). The maximum absolute atomic E-state index is 11.7. The number of fused-ring (bicyclic) bond motifs is 1. The lowest BCUT2D eigenvalue weighted by Crippen LogP contribution is -1.99. The minimum absolute atomic E-state index is 0.363. The predicted octanol–water partition coefficient (Wildman–Crippen LogP) is 4.23. The van der Waals surface area contributed by atoms with Crippen LogP contribution >= 0.6 is 0 Å². The number of aryl methyl sites for hydroxylation is 3. The van der Waals surface area contributed by atoms with Gasteiger partial charge in [0.05, 0.1) is 11.1 Å². The summed E-state index contributed by atoms with van der Waals surface area (Å²) in [5.41, 5.74) is 6.32. The molecule has 0 aliphatic carbocycles. The topological polar surface area (TPSA) is 41.7 Å². The normalized spacial score (nSPS) is 11.0. The van der Waals surface area contributed by atoms with Crippen LogP contribution in [-0.2, 0) is 0 Å². The van der Waals surface area contributed by atoms with Gasteiger partial charge in [0.1, 0.15) is 0 Å². The highest BCUT2D eigenvalue weighted by molar-refractivity contribution is 6.04. The van der Waals surface area contributed by atoms with Crippen molar-refractivity contribution in [3.8, 4) is 11.1 Å². The van der Waals surface area contributed by atoms with Crippen molar-refractivity contribution in [3.63, 3.8) is 0 Å². The van der Waals surface area contributed by atoms with Crippen LogP contribution in [-0.4, -0.2) is 15.5 Å². The van der Waals surface area contributed by atoms with Gasteiger partial charge in [0, 0.05) is 18.0 Å². The van der Waals surface area contributed by atoms with Gasteiger partial charge in [-0.05, 0) is 55.2 Å². The molecule has 0 bridgehead atoms. The molecule has 3 aromatic rings. The van der Waals surface area contributed by atoms with Gasteiger partial charge in [0.2, 0.25) is 0 Å². The number of carboxylic acid groups (broad SMARTS) is 1. The summed E-state index contributed by atoms with van der Waals surface area (Å²) < 4.78 is 1.87. The van der Waals surface area contributed by atoms with Crippen LogP contribution in [0, 0.1) is 20.8 Å². The van der Waals surface area contributed by atoms with Gasteiger partial charge in [-0.25, -0.2) is 4.79 Å². The molecule has 0 aliphatic heterocycles. The number of nitrogens with zero attached hydrogens (tertiary/aromatic N) is 1. The van der Waals surface area contributed by atoms with Crippen LogP contribution in [0.2, 0.25) is 0 Å². The van der Waals surface area contributed by atoms with Gasteiger partial charge in [-0.2, -0.15) is 0 Å². The van der Waals surface area contributed by atoms with Gasteiger partial charge >= 0.3 is 5.97 Å². The zero-order valence-corrected chi connectivity index (χ0v) is 12.3. The van der Waals surface area contributed by atoms with Gasteiger partial charge in [0.25, 0.3) is 0 Å². The molecule has 1 aromatic carbocycles. The lowest BCUT2D eigenvalue weighted by Gasteiger charge is -2.09. The first kappa shape index (κ1) is 13.4. The number of pyridine rings is 1. The Hall–Kier alpha value is -2.55. The summed E-state index contributed by atoms with van der Waals surface area (Å²) in [6, 6.07) is 9.78. The Morgan fingerprint density at radius 2 is 1.71 bits per heavy atom. The molecule has 0 spiro atoms. The molecule has 0 radical (unpaired) electrons. The van der Waals surface area contributed by atoms with Crippen molar-refractivity contribution in [2.45, 2.75) is 20.8 Å². The first-order valence-corrected chi connectivity index (χ1v) is 6.90. The average Bonchev–Trinajstić information content (AvgIpc) is 2.82. The zero-order chi connectivity index (χ0) is 15.1. The Bertz CT molecular complexity index is 859. The summed E-state index contributed by atoms with van der Waals surface area (Å²) in [7, 11) is 0. The van der Waals surface area contributed by atoms with Crippen molar-refractivity contribution in [2.24, 2.45) is 0 Å². The fourth-order valence-electron chi connectivity index (χ4n) is 2.80. The van der Waals surface area contributed by atoms with Crippen molar-refractivity contribution < 1.29 is 9.90 Å².